The minimum absolute atomic E-state index is 0.0329. The van der Waals surface area contributed by atoms with Crippen molar-refractivity contribution in [3.05, 3.63) is 35.6 Å². The van der Waals surface area contributed by atoms with Gasteiger partial charge >= 0.3 is 0 Å². The van der Waals surface area contributed by atoms with Crippen LogP contribution >= 0.6 is 0 Å². The van der Waals surface area contributed by atoms with Gasteiger partial charge in [-0.05, 0) is 49.7 Å². The van der Waals surface area contributed by atoms with Gasteiger partial charge in [0.25, 0.3) is 0 Å². The molecule has 1 aromatic rings. The Balaban J connectivity index is 1.64. The highest BCUT2D eigenvalue weighted by atomic mass is 19.1. The van der Waals surface area contributed by atoms with Crippen molar-refractivity contribution in [2.45, 2.75) is 52.0 Å². The number of carbonyl (C=O) groups excluding carboxylic acids is 2. The average Bonchev–Trinajstić information content (AvgIpc) is 3.12. The third-order valence-corrected chi connectivity index (χ3v) is 5.82. The van der Waals surface area contributed by atoms with Crippen molar-refractivity contribution < 1.29 is 14.0 Å². The van der Waals surface area contributed by atoms with E-state index in [1.807, 2.05) is 11.8 Å². The van der Waals surface area contributed by atoms with E-state index in [2.05, 4.69) is 6.92 Å². The Morgan fingerprint density at radius 3 is 2.54 bits per heavy atom. The Morgan fingerprint density at radius 1 is 1.15 bits per heavy atom. The van der Waals surface area contributed by atoms with Crippen LogP contribution in [-0.4, -0.2) is 47.3 Å². The molecule has 26 heavy (non-hydrogen) atoms. The maximum absolute atomic E-state index is 13.9. The van der Waals surface area contributed by atoms with Gasteiger partial charge < -0.3 is 9.80 Å². The average molecular weight is 360 g/mol. The number of hydrogen-bond donors (Lipinski definition) is 0. The zero-order valence-corrected chi connectivity index (χ0v) is 15.8. The molecule has 0 saturated carbocycles. The molecule has 5 heteroatoms. The van der Waals surface area contributed by atoms with Crippen LogP contribution in [-0.2, 0) is 16.0 Å². The molecule has 2 aliphatic heterocycles. The zero-order valence-electron chi connectivity index (χ0n) is 15.8. The van der Waals surface area contributed by atoms with Gasteiger partial charge in [0.15, 0.2) is 0 Å². The van der Waals surface area contributed by atoms with Crippen LogP contribution in [0.2, 0.25) is 0 Å². The fourth-order valence-corrected chi connectivity index (χ4v) is 4.09. The van der Waals surface area contributed by atoms with Gasteiger partial charge in [-0.25, -0.2) is 4.39 Å². The Labute approximate surface area is 155 Å². The van der Waals surface area contributed by atoms with Crippen LogP contribution in [0.15, 0.2) is 24.3 Å². The molecule has 2 aliphatic rings. The van der Waals surface area contributed by atoms with Crippen LogP contribution in [0.5, 0.6) is 0 Å². The van der Waals surface area contributed by atoms with Crippen LogP contribution in [0.25, 0.3) is 0 Å². The second kappa shape index (κ2) is 8.19. The molecule has 3 rings (SSSR count). The molecule has 0 bridgehead atoms. The molecule has 0 N–H and O–H groups in total. The summed E-state index contributed by atoms with van der Waals surface area (Å²) in [6.45, 7) is 6.27. The first-order chi connectivity index (χ1) is 12.5. The smallest absolute Gasteiger partial charge is 0.245 e. The minimum atomic E-state index is -0.334. The molecule has 1 aromatic carbocycles. The predicted octanol–water partition coefficient (Wildman–Crippen LogP) is 3.25. The van der Waals surface area contributed by atoms with Gasteiger partial charge in [-0.3, -0.25) is 9.59 Å². The summed E-state index contributed by atoms with van der Waals surface area (Å²) in [6, 6.07) is 6.25. The summed E-state index contributed by atoms with van der Waals surface area (Å²) in [5.74, 6) is 0.127. The van der Waals surface area contributed by atoms with Crippen molar-refractivity contribution in [1.82, 2.24) is 9.80 Å². The maximum Gasteiger partial charge on any atom is 0.245 e. The highest BCUT2D eigenvalue weighted by Crippen LogP contribution is 2.25. The van der Waals surface area contributed by atoms with E-state index in [0.717, 1.165) is 38.8 Å². The number of carbonyl (C=O) groups is 2. The number of benzene rings is 1. The number of halogens is 1. The highest BCUT2D eigenvalue weighted by molar-refractivity contribution is 5.89. The van der Waals surface area contributed by atoms with E-state index in [0.29, 0.717) is 24.4 Å². The summed E-state index contributed by atoms with van der Waals surface area (Å²) in [5.41, 5.74) is 0.556. The molecule has 1 unspecified atom stereocenters. The van der Waals surface area contributed by atoms with Crippen LogP contribution in [0.3, 0.4) is 0 Å². The van der Waals surface area contributed by atoms with Crippen LogP contribution < -0.4 is 0 Å². The Morgan fingerprint density at radius 2 is 1.85 bits per heavy atom. The molecule has 2 amide bonds. The van der Waals surface area contributed by atoms with E-state index in [-0.39, 0.29) is 29.6 Å². The molecule has 2 heterocycles. The van der Waals surface area contributed by atoms with Crippen molar-refractivity contribution in [3.63, 3.8) is 0 Å². The second-order valence-electron chi connectivity index (χ2n) is 7.89. The van der Waals surface area contributed by atoms with Crippen molar-refractivity contribution in [2.75, 3.05) is 19.6 Å². The molecule has 142 valence electrons. The van der Waals surface area contributed by atoms with Gasteiger partial charge in [0.2, 0.25) is 11.8 Å². The number of likely N-dealkylation sites (tertiary alicyclic amines) is 2. The number of nitrogens with zero attached hydrogens (tertiary/aromatic N) is 2. The molecule has 0 radical (unpaired) electrons. The van der Waals surface area contributed by atoms with Gasteiger partial charge in [0.05, 0.1) is 0 Å². The summed E-state index contributed by atoms with van der Waals surface area (Å²) in [4.78, 5) is 29.5. The minimum Gasteiger partial charge on any atom is -0.341 e. The third-order valence-electron chi connectivity index (χ3n) is 5.82. The quantitative estimate of drug-likeness (QED) is 0.827. The molecule has 2 saturated heterocycles. The van der Waals surface area contributed by atoms with E-state index in [1.165, 1.54) is 6.07 Å². The second-order valence-corrected chi connectivity index (χ2v) is 7.89. The Hall–Kier alpha value is -1.91. The molecular weight excluding hydrogens is 331 g/mol. The summed E-state index contributed by atoms with van der Waals surface area (Å²) >= 11 is 0. The van der Waals surface area contributed by atoms with Gasteiger partial charge in [0.1, 0.15) is 11.9 Å². The summed E-state index contributed by atoms with van der Waals surface area (Å²) in [5, 5.41) is 0. The fourth-order valence-electron chi connectivity index (χ4n) is 4.09. The van der Waals surface area contributed by atoms with Crippen molar-refractivity contribution >= 4 is 11.8 Å². The van der Waals surface area contributed by atoms with E-state index in [1.54, 1.807) is 23.1 Å². The molecular formula is C21H29FN2O2. The molecule has 4 nitrogen and oxygen atoms in total. The van der Waals surface area contributed by atoms with Crippen LogP contribution in [0.4, 0.5) is 4.39 Å². The third kappa shape index (κ3) is 4.08. The fraction of sp³-hybridized carbons (Fsp3) is 0.619. The molecule has 0 aliphatic carbocycles. The maximum atomic E-state index is 13.9. The number of piperidine rings is 1. The van der Waals surface area contributed by atoms with Crippen LogP contribution in [0, 0.1) is 17.7 Å². The molecule has 2 atom stereocenters. The number of hydrogen-bond acceptors (Lipinski definition) is 2. The predicted molar refractivity (Wildman–Crippen MR) is 99.0 cm³/mol. The van der Waals surface area contributed by atoms with E-state index >= 15 is 0 Å². The number of rotatable bonds is 4. The van der Waals surface area contributed by atoms with Gasteiger partial charge in [0, 0.05) is 25.6 Å². The molecule has 0 aromatic heterocycles. The first-order valence-electron chi connectivity index (χ1n) is 9.80. The molecule has 2 fully saturated rings. The summed E-state index contributed by atoms with van der Waals surface area (Å²) < 4.78 is 13.9. The zero-order chi connectivity index (χ0) is 18.7. The lowest BCUT2D eigenvalue weighted by atomic mass is 9.97. The van der Waals surface area contributed by atoms with Crippen molar-refractivity contribution in [1.29, 1.82) is 0 Å². The Kier molecular flexibility index (Phi) is 5.94. The SMILES string of the molecule is CC1CCN(C(=O)[C@H]2CCCN2C(=O)C(C)Cc2ccccc2F)CC1. The summed E-state index contributed by atoms with van der Waals surface area (Å²) in [6.07, 6.45) is 4.04. The van der Waals surface area contributed by atoms with Gasteiger partial charge in [-0.2, -0.15) is 0 Å². The first kappa shape index (κ1) is 18.9. The monoisotopic (exact) mass is 360 g/mol. The lowest BCUT2D eigenvalue weighted by Gasteiger charge is -2.35. The topological polar surface area (TPSA) is 40.6 Å². The van der Waals surface area contributed by atoms with Gasteiger partial charge in [-0.1, -0.05) is 32.0 Å². The lowest BCUT2D eigenvalue weighted by molar-refractivity contribution is -0.146. The van der Waals surface area contributed by atoms with Gasteiger partial charge in [-0.15, -0.1) is 0 Å². The summed E-state index contributed by atoms with van der Waals surface area (Å²) in [7, 11) is 0. The molecule has 0 spiro atoms. The van der Waals surface area contributed by atoms with E-state index in [4.69, 9.17) is 0 Å². The van der Waals surface area contributed by atoms with Crippen molar-refractivity contribution in [3.8, 4) is 0 Å². The first-order valence-corrected chi connectivity index (χ1v) is 9.80. The highest BCUT2D eigenvalue weighted by Gasteiger charge is 2.38. The van der Waals surface area contributed by atoms with E-state index < -0.39 is 0 Å². The van der Waals surface area contributed by atoms with Crippen molar-refractivity contribution in [2.24, 2.45) is 11.8 Å². The largest absolute Gasteiger partial charge is 0.341 e. The lowest BCUT2D eigenvalue weighted by Crippen LogP contribution is -2.51. The Bertz CT molecular complexity index is 655. The van der Waals surface area contributed by atoms with E-state index in [9.17, 15) is 14.0 Å². The normalized spacial score (nSPS) is 22.5. The number of amides is 2. The standard InChI is InChI=1S/C21H29FN2O2/c1-15-9-12-23(13-10-15)21(26)19-8-5-11-24(19)20(25)16(2)14-17-6-3-4-7-18(17)22/h3-4,6-7,15-16,19H,5,8-14H2,1-2H3/t16?,19-/m1/s1. The van der Waals surface area contributed by atoms with Crippen LogP contribution in [0.1, 0.15) is 45.1 Å².